The highest BCUT2D eigenvalue weighted by Gasteiger charge is 2.25. The summed E-state index contributed by atoms with van der Waals surface area (Å²) in [5.74, 6) is 3.08. The quantitative estimate of drug-likeness (QED) is 0.786. The number of likely N-dealkylation sites (tertiary alicyclic amines) is 1. The zero-order chi connectivity index (χ0) is 12.1. The van der Waals surface area contributed by atoms with Crippen LogP contribution in [0.1, 0.15) is 33.1 Å². The average Bonchev–Trinajstić information content (AvgIpc) is 2.90. The Labute approximate surface area is 111 Å². The largest absolute Gasteiger partial charge is 0.316 e. The Morgan fingerprint density at radius 3 is 2.94 bits per heavy atom. The molecule has 0 spiro atoms. The molecule has 0 bridgehead atoms. The van der Waals surface area contributed by atoms with Crippen LogP contribution in [0.4, 0.5) is 0 Å². The lowest BCUT2D eigenvalue weighted by molar-refractivity contribution is 0.319. The molecule has 0 aromatic heterocycles. The van der Waals surface area contributed by atoms with Crippen LogP contribution in [0.3, 0.4) is 0 Å². The standard InChI is InChI=1S/C14H28N2S/c1-12(2)8-15-9-13-5-6-16(10-13)11-14-4-3-7-17-14/h12-15H,3-11H2,1-2H3. The average molecular weight is 256 g/mol. The minimum absolute atomic E-state index is 0.780. The Kier molecular flexibility index (Phi) is 5.64. The Balaban J connectivity index is 1.58. The summed E-state index contributed by atoms with van der Waals surface area (Å²) in [6.07, 6.45) is 4.31. The normalized spacial score (nSPS) is 30.5. The van der Waals surface area contributed by atoms with Gasteiger partial charge >= 0.3 is 0 Å². The molecule has 0 aromatic rings. The molecule has 2 fully saturated rings. The molecule has 3 heteroatoms. The van der Waals surface area contributed by atoms with E-state index < -0.39 is 0 Å². The summed E-state index contributed by atoms with van der Waals surface area (Å²) in [6, 6.07) is 0. The molecule has 0 saturated carbocycles. The number of hydrogen-bond donors (Lipinski definition) is 1. The molecule has 17 heavy (non-hydrogen) atoms. The van der Waals surface area contributed by atoms with Crippen LogP contribution in [0.15, 0.2) is 0 Å². The van der Waals surface area contributed by atoms with Gasteiger partial charge in [-0.3, -0.25) is 0 Å². The Bertz CT molecular complexity index is 214. The summed E-state index contributed by atoms with van der Waals surface area (Å²) in [5.41, 5.74) is 0. The third-order valence-electron chi connectivity index (χ3n) is 3.84. The van der Waals surface area contributed by atoms with Gasteiger partial charge in [0.25, 0.3) is 0 Å². The monoisotopic (exact) mass is 256 g/mol. The molecule has 2 heterocycles. The third kappa shape index (κ3) is 4.80. The maximum Gasteiger partial charge on any atom is 0.0175 e. The van der Waals surface area contributed by atoms with Crippen LogP contribution in [0.2, 0.25) is 0 Å². The Morgan fingerprint density at radius 2 is 2.24 bits per heavy atom. The molecule has 100 valence electrons. The van der Waals surface area contributed by atoms with Gasteiger partial charge in [-0.15, -0.1) is 0 Å². The van der Waals surface area contributed by atoms with Gasteiger partial charge in [0, 0.05) is 18.3 Å². The van der Waals surface area contributed by atoms with E-state index in [1.165, 1.54) is 57.7 Å². The summed E-state index contributed by atoms with van der Waals surface area (Å²) >= 11 is 2.19. The molecule has 0 radical (unpaired) electrons. The predicted octanol–water partition coefficient (Wildman–Crippen LogP) is 2.45. The van der Waals surface area contributed by atoms with Crippen molar-refractivity contribution in [2.75, 3.05) is 38.5 Å². The number of rotatable bonds is 6. The van der Waals surface area contributed by atoms with Gasteiger partial charge < -0.3 is 10.2 Å². The smallest absolute Gasteiger partial charge is 0.0175 e. The van der Waals surface area contributed by atoms with Gasteiger partial charge in [-0.1, -0.05) is 13.8 Å². The highest BCUT2D eigenvalue weighted by atomic mass is 32.2. The van der Waals surface area contributed by atoms with Crippen molar-refractivity contribution >= 4 is 11.8 Å². The maximum atomic E-state index is 3.61. The Hall–Kier alpha value is 0.270. The first-order valence-electron chi connectivity index (χ1n) is 7.28. The first-order valence-corrected chi connectivity index (χ1v) is 8.33. The van der Waals surface area contributed by atoms with Crippen LogP contribution in [0, 0.1) is 11.8 Å². The SMILES string of the molecule is CC(C)CNCC1CCN(CC2CCCS2)C1. The molecule has 2 rings (SSSR count). The van der Waals surface area contributed by atoms with Crippen molar-refractivity contribution in [3.05, 3.63) is 0 Å². The number of nitrogens with zero attached hydrogens (tertiary/aromatic N) is 1. The van der Waals surface area contributed by atoms with Crippen molar-refractivity contribution in [1.82, 2.24) is 10.2 Å². The van der Waals surface area contributed by atoms with Crippen molar-refractivity contribution in [2.24, 2.45) is 11.8 Å². The molecule has 2 nitrogen and oxygen atoms in total. The van der Waals surface area contributed by atoms with Gasteiger partial charge in [-0.2, -0.15) is 11.8 Å². The molecule has 2 atom stereocenters. The van der Waals surface area contributed by atoms with E-state index >= 15 is 0 Å². The first kappa shape index (κ1) is 13.7. The lowest BCUT2D eigenvalue weighted by atomic mass is 10.1. The summed E-state index contributed by atoms with van der Waals surface area (Å²) in [4.78, 5) is 2.70. The van der Waals surface area contributed by atoms with Crippen molar-refractivity contribution in [3.8, 4) is 0 Å². The van der Waals surface area contributed by atoms with Crippen LogP contribution in [-0.4, -0.2) is 48.6 Å². The van der Waals surface area contributed by atoms with E-state index in [1.807, 2.05) is 0 Å². The predicted molar refractivity (Wildman–Crippen MR) is 77.7 cm³/mol. The van der Waals surface area contributed by atoms with Gasteiger partial charge in [0.1, 0.15) is 0 Å². The molecule has 2 aliphatic heterocycles. The fourth-order valence-corrected chi connectivity index (χ4v) is 4.21. The lowest BCUT2D eigenvalue weighted by Gasteiger charge is -2.20. The van der Waals surface area contributed by atoms with Crippen LogP contribution in [0.5, 0.6) is 0 Å². The van der Waals surface area contributed by atoms with E-state index in [-0.39, 0.29) is 0 Å². The topological polar surface area (TPSA) is 15.3 Å². The summed E-state index contributed by atoms with van der Waals surface area (Å²) < 4.78 is 0. The van der Waals surface area contributed by atoms with E-state index in [0.717, 1.165) is 17.1 Å². The van der Waals surface area contributed by atoms with Gasteiger partial charge in [-0.05, 0) is 56.5 Å². The van der Waals surface area contributed by atoms with Crippen molar-refractivity contribution in [1.29, 1.82) is 0 Å². The molecule has 0 amide bonds. The fraction of sp³-hybridized carbons (Fsp3) is 1.00. The van der Waals surface area contributed by atoms with Gasteiger partial charge in [-0.25, -0.2) is 0 Å². The third-order valence-corrected chi connectivity index (χ3v) is 5.22. The molecule has 0 aliphatic carbocycles. The molecule has 2 unspecified atom stereocenters. The Morgan fingerprint density at radius 1 is 1.35 bits per heavy atom. The highest BCUT2D eigenvalue weighted by Crippen LogP contribution is 2.28. The maximum absolute atomic E-state index is 3.61. The first-order chi connectivity index (χ1) is 8.24. The van der Waals surface area contributed by atoms with Crippen LogP contribution >= 0.6 is 11.8 Å². The van der Waals surface area contributed by atoms with Crippen molar-refractivity contribution in [2.45, 2.75) is 38.4 Å². The second kappa shape index (κ2) is 7.01. The van der Waals surface area contributed by atoms with Gasteiger partial charge in [0.15, 0.2) is 0 Å². The molecule has 1 N–H and O–H groups in total. The number of nitrogens with one attached hydrogen (secondary N) is 1. The van der Waals surface area contributed by atoms with Crippen LogP contribution in [0.25, 0.3) is 0 Å². The zero-order valence-corrected chi connectivity index (χ0v) is 12.3. The van der Waals surface area contributed by atoms with Gasteiger partial charge in [0.2, 0.25) is 0 Å². The van der Waals surface area contributed by atoms with E-state index in [2.05, 4.69) is 35.8 Å². The molecule has 0 aromatic carbocycles. The lowest BCUT2D eigenvalue weighted by Crippen LogP contribution is -2.31. The van der Waals surface area contributed by atoms with Crippen LogP contribution in [-0.2, 0) is 0 Å². The minimum atomic E-state index is 0.780. The van der Waals surface area contributed by atoms with E-state index in [1.54, 1.807) is 0 Å². The van der Waals surface area contributed by atoms with E-state index in [0.29, 0.717) is 0 Å². The minimum Gasteiger partial charge on any atom is -0.316 e. The summed E-state index contributed by atoms with van der Waals surface area (Å²) in [7, 11) is 0. The van der Waals surface area contributed by atoms with E-state index in [9.17, 15) is 0 Å². The molecule has 2 aliphatic rings. The number of hydrogen-bond acceptors (Lipinski definition) is 3. The second-order valence-electron chi connectivity index (χ2n) is 6.10. The summed E-state index contributed by atoms with van der Waals surface area (Å²) in [5, 5.41) is 4.55. The second-order valence-corrected chi connectivity index (χ2v) is 7.51. The van der Waals surface area contributed by atoms with Crippen molar-refractivity contribution in [3.63, 3.8) is 0 Å². The highest BCUT2D eigenvalue weighted by molar-refractivity contribution is 8.00. The van der Waals surface area contributed by atoms with E-state index in [4.69, 9.17) is 0 Å². The van der Waals surface area contributed by atoms with Gasteiger partial charge in [0.05, 0.1) is 0 Å². The molecular weight excluding hydrogens is 228 g/mol. The number of thioether (sulfide) groups is 1. The van der Waals surface area contributed by atoms with Crippen LogP contribution < -0.4 is 5.32 Å². The van der Waals surface area contributed by atoms with Crippen molar-refractivity contribution < 1.29 is 0 Å². The zero-order valence-electron chi connectivity index (χ0n) is 11.5. The fourth-order valence-electron chi connectivity index (χ4n) is 2.90. The molecule has 2 saturated heterocycles. The summed E-state index contributed by atoms with van der Waals surface area (Å²) in [6.45, 7) is 11.0. The molecular formula is C14H28N2S.